The van der Waals surface area contributed by atoms with Crippen molar-refractivity contribution >= 4 is 10.0 Å². The average molecular weight is 326 g/mol. The molecule has 0 spiro atoms. The number of benzene rings is 1. The molecule has 0 aliphatic carbocycles. The molecule has 9 heteroatoms. The van der Waals surface area contributed by atoms with E-state index in [1.807, 2.05) is 0 Å². The first-order valence-electron chi connectivity index (χ1n) is 6.75. The van der Waals surface area contributed by atoms with E-state index in [0.29, 0.717) is 18.9 Å². The van der Waals surface area contributed by atoms with Gasteiger partial charge in [0.1, 0.15) is 18.2 Å². The van der Waals surface area contributed by atoms with E-state index in [-0.39, 0.29) is 5.56 Å². The summed E-state index contributed by atoms with van der Waals surface area (Å²) in [7, 11) is -3.70. The van der Waals surface area contributed by atoms with Gasteiger partial charge in [0.25, 0.3) is 0 Å². The quantitative estimate of drug-likeness (QED) is 0.850. The van der Waals surface area contributed by atoms with E-state index in [1.165, 1.54) is 24.5 Å². The molecule has 2 N–H and O–H groups in total. The minimum Gasteiger partial charge on any atom is -0.368 e. The molecular formula is C13H15FN4O3S. The number of halogens is 1. The Morgan fingerprint density at radius 3 is 2.95 bits per heavy atom. The molecule has 1 aliphatic heterocycles. The number of rotatable bonds is 5. The molecule has 0 bridgehead atoms. The second-order valence-corrected chi connectivity index (χ2v) is 6.78. The van der Waals surface area contributed by atoms with Gasteiger partial charge >= 0.3 is 0 Å². The van der Waals surface area contributed by atoms with E-state index in [4.69, 9.17) is 4.74 Å². The van der Waals surface area contributed by atoms with E-state index in [0.717, 1.165) is 0 Å². The lowest BCUT2D eigenvalue weighted by Crippen LogP contribution is -2.38. The summed E-state index contributed by atoms with van der Waals surface area (Å²) in [6, 6.07) is 5.35. The largest absolute Gasteiger partial charge is 0.368 e. The van der Waals surface area contributed by atoms with E-state index >= 15 is 0 Å². The molecule has 118 valence electrons. The van der Waals surface area contributed by atoms with Gasteiger partial charge in [-0.15, -0.1) is 0 Å². The van der Waals surface area contributed by atoms with Gasteiger partial charge in [0.2, 0.25) is 10.0 Å². The zero-order chi connectivity index (χ0) is 15.6. The van der Waals surface area contributed by atoms with Gasteiger partial charge < -0.3 is 4.74 Å². The molecule has 1 aromatic carbocycles. The van der Waals surface area contributed by atoms with Gasteiger partial charge in [0.15, 0.2) is 5.82 Å². The second-order valence-electron chi connectivity index (χ2n) is 5.03. The molecule has 3 rings (SSSR count). The standard InChI is InChI=1S/C13H15FN4O3S/c14-10-4-2-1-3-9(10)7-22(19,20)18-11-5-6-21-12(11)13-15-8-16-17-13/h1-4,8,11-12,18H,5-7H2,(H,15,16,17)/t11-,12+/m0/s1. The maximum Gasteiger partial charge on any atom is 0.216 e. The maximum atomic E-state index is 13.6. The minimum atomic E-state index is -3.70. The topological polar surface area (TPSA) is 97.0 Å². The second kappa shape index (κ2) is 6.11. The molecule has 22 heavy (non-hydrogen) atoms. The first kappa shape index (κ1) is 15.1. The van der Waals surface area contributed by atoms with Crippen molar-refractivity contribution in [3.8, 4) is 0 Å². The Bertz CT molecular complexity index is 736. The lowest BCUT2D eigenvalue weighted by Gasteiger charge is -2.18. The summed E-state index contributed by atoms with van der Waals surface area (Å²) in [5.41, 5.74) is 0.130. The normalized spacial score (nSPS) is 22.0. The van der Waals surface area contributed by atoms with Crippen LogP contribution in [0, 0.1) is 5.82 Å². The number of hydrogen-bond donors (Lipinski definition) is 2. The Labute approximate surface area is 127 Å². The molecule has 0 saturated carbocycles. The number of ether oxygens (including phenoxy) is 1. The fraction of sp³-hybridized carbons (Fsp3) is 0.385. The zero-order valence-corrected chi connectivity index (χ0v) is 12.4. The number of sulfonamides is 1. The molecule has 2 heterocycles. The molecular weight excluding hydrogens is 311 g/mol. The van der Waals surface area contributed by atoms with Gasteiger partial charge in [-0.05, 0) is 12.5 Å². The summed E-state index contributed by atoms with van der Waals surface area (Å²) in [6.07, 6.45) is 1.34. The first-order chi connectivity index (χ1) is 10.6. The number of H-pyrrole nitrogens is 1. The van der Waals surface area contributed by atoms with Crippen molar-refractivity contribution in [2.45, 2.75) is 24.3 Å². The van der Waals surface area contributed by atoms with Gasteiger partial charge in [-0.2, -0.15) is 5.10 Å². The highest BCUT2D eigenvalue weighted by molar-refractivity contribution is 7.88. The van der Waals surface area contributed by atoms with Crippen LogP contribution in [-0.2, 0) is 20.5 Å². The Morgan fingerprint density at radius 2 is 2.23 bits per heavy atom. The monoisotopic (exact) mass is 326 g/mol. The molecule has 1 fully saturated rings. The summed E-state index contributed by atoms with van der Waals surface area (Å²) < 4.78 is 46.1. The van der Waals surface area contributed by atoms with Crippen LogP contribution in [-0.4, -0.2) is 36.2 Å². The van der Waals surface area contributed by atoms with Crippen LogP contribution in [0.15, 0.2) is 30.6 Å². The van der Waals surface area contributed by atoms with Crippen LogP contribution >= 0.6 is 0 Å². The van der Waals surface area contributed by atoms with Crippen LogP contribution in [0.2, 0.25) is 0 Å². The van der Waals surface area contributed by atoms with Crippen molar-refractivity contribution in [1.29, 1.82) is 0 Å². The number of nitrogens with one attached hydrogen (secondary N) is 2. The number of nitrogens with zero attached hydrogens (tertiary/aromatic N) is 2. The highest BCUT2D eigenvalue weighted by atomic mass is 32.2. The Balaban J connectivity index is 1.72. The fourth-order valence-electron chi connectivity index (χ4n) is 2.42. The predicted octanol–water partition coefficient (Wildman–Crippen LogP) is 0.893. The van der Waals surface area contributed by atoms with E-state index < -0.39 is 33.7 Å². The third kappa shape index (κ3) is 3.32. The van der Waals surface area contributed by atoms with E-state index in [2.05, 4.69) is 19.9 Å². The summed E-state index contributed by atoms with van der Waals surface area (Å²) in [6.45, 7) is 0.415. The van der Waals surface area contributed by atoms with Crippen LogP contribution in [0.25, 0.3) is 0 Å². The summed E-state index contributed by atoms with van der Waals surface area (Å²) in [5, 5.41) is 6.41. The summed E-state index contributed by atoms with van der Waals surface area (Å²) in [5.74, 6) is -0.488. The highest BCUT2D eigenvalue weighted by Gasteiger charge is 2.34. The first-order valence-corrected chi connectivity index (χ1v) is 8.41. The minimum absolute atomic E-state index is 0.130. The molecule has 0 amide bonds. The summed E-state index contributed by atoms with van der Waals surface area (Å²) in [4.78, 5) is 3.99. The Kier molecular flexibility index (Phi) is 4.19. The third-order valence-electron chi connectivity index (χ3n) is 3.43. The van der Waals surface area contributed by atoms with Crippen LogP contribution < -0.4 is 4.72 Å². The van der Waals surface area contributed by atoms with E-state index in [9.17, 15) is 12.8 Å². The van der Waals surface area contributed by atoms with Crippen molar-refractivity contribution in [2.75, 3.05) is 6.61 Å². The molecule has 2 aromatic rings. The highest BCUT2D eigenvalue weighted by Crippen LogP contribution is 2.27. The Morgan fingerprint density at radius 1 is 1.41 bits per heavy atom. The average Bonchev–Trinajstić information content (AvgIpc) is 3.11. The Hall–Kier alpha value is -1.84. The van der Waals surface area contributed by atoms with Gasteiger partial charge in [0.05, 0.1) is 11.8 Å². The lowest BCUT2D eigenvalue weighted by atomic mass is 10.1. The van der Waals surface area contributed by atoms with Crippen molar-refractivity contribution in [3.05, 3.63) is 47.8 Å². The zero-order valence-electron chi connectivity index (χ0n) is 11.6. The molecule has 0 radical (unpaired) electrons. The van der Waals surface area contributed by atoms with Crippen LogP contribution in [0.3, 0.4) is 0 Å². The predicted molar refractivity (Wildman–Crippen MR) is 75.6 cm³/mol. The van der Waals surface area contributed by atoms with Crippen LogP contribution in [0.1, 0.15) is 23.9 Å². The molecule has 2 atom stereocenters. The number of hydrogen-bond acceptors (Lipinski definition) is 5. The van der Waals surface area contributed by atoms with Gasteiger partial charge in [-0.3, -0.25) is 5.10 Å². The van der Waals surface area contributed by atoms with Crippen molar-refractivity contribution in [2.24, 2.45) is 0 Å². The van der Waals surface area contributed by atoms with Crippen molar-refractivity contribution < 1.29 is 17.5 Å². The van der Waals surface area contributed by atoms with Crippen LogP contribution in [0.4, 0.5) is 4.39 Å². The van der Waals surface area contributed by atoms with Crippen molar-refractivity contribution in [3.63, 3.8) is 0 Å². The van der Waals surface area contributed by atoms with E-state index in [1.54, 1.807) is 6.07 Å². The van der Waals surface area contributed by atoms with Gasteiger partial charge in [-0.25, -0.2) is 22.5 Å². The van der Waals surface area contributed by atoms with Gasteiger partial charge in [-0.1, -0.05) is 18.2 Å². The smallest absolute Gasteiger partial charge is 0.216 e. The molecule has 1 aromatic heterocycles. The maximum absolute atomic E-state index is 13.6. The SMILES string of the molecule is O=S(=O)(Cc1ccccc1F)N[C@H]1CCO[C@H]1c1ncn[nH]1. The lowest BCUT2D eigenvalue weighted by molar-refractivity contribution is 0.0957. The molecule has 7 nitrogen and oxygen atoms in total. The van der Waals surface area contributed by atoms with Crippen LogP contribution in [0.5, 0.6) is 0 Å². The number of aromatic nitrogens is 3. The summed E-state index contributed by atoms with van der Waals surface area (Å²) >= 11 is 0. The van der Waals surface area contributed by atoms with Crippen molar-refractivity contribution in [1.82, 2.24) is 19.9 Å². The number of aromatic amines is 1. The molecule has 0 unspecified atom stereocenters. The third-order valence-corrected chi connectivity index (χ3v) is 4.78. The molecule has 1 saturated heterocycles. The molecule has 1 aliphatic rings. The fourth-order valence-corrected chi connectivity index (χ4v) is 3.85. The van der Waals surface area contributed by atoms with Gasteiger partial charge in [0, 0.05) is 12.2 Å².